The smallest absolute Gasteiger partial charge is 0.267 e. The van der Waals surface area contributed by atoms with Gasteiger partial charge in [-0.3, -0.25) is 9.69 Å². The molecular formula is C21H26N6O2. The van der Waals surface area contributed by atoms with Gasteiger partial charge in [-0.25, -0.2) is 4.68 Å². The zero-order valence-electron chi connectivity index (χ0n) is 16.9. The molecule has 0 radical (unpaired) electrons. The number of rotatable bonds is 6. The molecule has 0 amide bonds. The molecule has 1 aromatic carbocycles. The lowest BCUT2D eigenvalue weighted by Gasteiger charge is -2.34. The second-order valence-electron chi connectivity index (χ2n) is 7.64. The van der Waals surface area contributed by atoms with Crippen LogP contribution in [-0.2, 0) is 13.1 Å². The van der Waals surface area contributed by atoms with E-state index >= 15 is 0 Å². The summed E-state index contributed by atoms with van der Waals surface area (Å²) in [6, 6.07) is 13.3. The van der Waals surface area contributed by atoms with Gasteiger partial charge in [0.15, 0.2) is 5.82 Å². The second-order valence-corrected chi connectivity index (χ2v) is 7.64. The Labute approximate surface area is 169 Å². The lowest BCUT2D eigenvalue weighted by atomic mass is 10.2. The molecule has 0 saturated carbocycles. The van der Waals surface area contributed by atoms with Crippen LogP contribution in [0.1, 0.15) is 37.0 Å². The first-order valence-electron chi connectivity index (χ1n) is 10.0. The summed E-state index contributed by atoms with van der Waals surface area (Å²) in [6.07, 6.45) is 0. The lowest BCUT2D eigenvalue weighted by molar-refractivity contribution is 0.214. The molecule has 1 aliphatic heterocycles. The topological polar surface area (TPSA) is 80.3 Å². The molecule has 0 unspecified atom stereocenters. The van der Waals surface area contributed by atoms with Crippen molar-refractivity contribution in [1.82, 2.24) is 24.8 Å². The highest BCUT2D eigenvalue weighted by Crippen LogP contribution is 2.15. The van der Waals surface area contributed by atoms with Gasteiger partial charge >= 0.3 is 0 Å². The van der Waals surface area contributed by atoms with Crippen LogP contribution in [0.4, 0.5) is 5.82 Å². The molecule has 3 aromatic rings. The maximum absolute atomic E-state index is 12.2. The standard InChI is InChI=1S/C21H26N6O2/c1-16(2)21-22-19(29-24-21)15-25-10-12-26(13-11-25)18-8-9-20(28)27(23-18)14-17-6-4-3-5-7-17/h3-9,16H,10-15H2,1-2H3. The number of aromatic nitrogens is 4. The molecule has 1 aliphatic rings. The van der Waals surface area contributed by atoms with E-state index in [0.717, 1.165) is 43.4 Å². The van der Waals surface area contributed by atoms with E-state index < -0.39 is 0 Å². The fourth-order valence-corrected chi connectivity index (χ4v) is 3.37. The van der Waals surface area contributed by atoms with E-state index in [9.17, 15) is 4.79 Å². The minimum absolute atomic E-state index is 0.0893. The van der Waals surface area contributed by atoms with Gasteiger partial charge in [-0.2, -0.15) is 10.1 Å². The Kier molecular flexibility index (Phi) is 5.71. The van der Waals surface area contributed by atoms with Crippen LogP contribution in [-0.4, -0.2) is 51.0 Å². The van der Waals surface area contributed by atoms with Crippen LogP contribution in [0, 0.1) is 0 Å². The van der Waals surface area contributed by atoms with Crippen LogP contribution in [0.3, 0.4) is 0 Å². The summed E-state index contributed by atoms with van der Waals surface area (Å²) in [6.45, 7) is 8.66. The third-order valence-corrected chi connectivity index (χ3v) is 5.08. The third kappa shape index (κ3) is 4.71. The summed E-state index contributed by atoms with van der Waals surface area (Å²) >= 11 is 0. The molecule has 0 spiro atoms. The summed E-state index contributed by atoms with van der Waals surface area (Å²) in [5.74, 6) is 2.52. The molecule has 0 atom stereocenters. The Balaban J connectivity index is 1.38. The number of benzene rings is 1. The van der Waals surface area contributed by atoms with Gasteiger partial charge in [0, 0.05) is 38.2 Å². The van der Waals surface area contributed by atoms with Gasteiger partial charge in [-0.05, 0) is 11.6 Å². The number of nitrogens with zero attached hydrogens (tertiary/aromatic N) is 6. The predicted octanol–water partition coefficient (Wildman–Crippen LogP) is 2.12. The molecule has 3 heterocycles. The third-order valence-electron chi connectivity index (χ3n) is 5.08. The van der Waals surface area contributed by atoms with Crippen LogP contribution in [0.15, 0.2) is 51.8 Å². The molecule has 0 N–H and O–H groups in total. The zero-order valence-corrected chi connectivity index (χ0v) is 16.9. The average molecular weight is 394 g/mol. The zero-order chi connectivity index (χ0) is 20.2. The first-order valence-corrected chi connectivity index (χ1v) is 10.0. The Bertz CT molecular complexity index is 990. The maximum atomic E-state index is 12.2. The highest BCUT2D eigenvalue weighted by molar-refractivity contribution is 5.37. The highest BCUT2D eigenvalue weighted by atomic mass is 16.5. The first-order chi connectivity index (χ1) is 14.1. The predicted molar refractivity (Wildman–Crippen MR) is 110 cm³/mol. The molecule has 0 aliphatic carbocycles. The van der Waals surface area contributed by atoms with Gasteiger partial charge in [0.05, 0.1) is 13.1 Å². The minimum Gasteiger partial charge on any atom is -0.353 e. The molecule has 29 heavy (non-hydrogen) atoms. The van der Waals surface area contributed by atoms with Crippen molar-refractivity contribution in [3.8, 4) is 0 Å². The van der Waals surface area contributed by atoms with Gasteiger partial charge < -0.3 is 9.42 Å². The first kappa shape index (κ1) is 19.3. The fourth-order valence-electron chi connectivity index (χ4n) is 3.37. The minimum atomic E-state index is -0.0893. The fraction of sp³-hybridized carbons (Fsp3) is 0.429. The summed E-state index contributed by atoms with van der Waals surface area (Å²) in [5, 5.41) is 8.62. The van der Waals surface area contributed by atoms with Crippen molar-refractivity contribution in [3.63, 3.8) is 0 Å². The van der Waals surface area contributed by atoms with E-state index in [0.29, 0.717) is 19.0 Å². The molecule has 8 heteroatoms. The van der Waals surface area contributed by atoms with Gasteiger partial charge in [0.1, 0.15) is 5.82 Å². The Morgan fingerprint density at radius 1 is 1.00 bits per heavy atom. The van der Waals surface area contributed by atoms with Crippen molar-refractivity contribution in [3.05, 3.63) is 70.1 Å². The summed E-state index contributed by atoms with van der Waals surface area (Å²) in [5.41, 5.74) is 0.970. The molecule has 4 rings (SSSR count). The van der Waals surface area contributed by atoms with Crippen LogP contribution in [0.5, 0.6) is 0 Å². The maximum Gasteiger partial charge on any atom is 0.267 e. The summed E-state index contributed by atoms with van der Waals surface area (Å²) in [7, 11) is 0. The number of piperazine rings is 1. The van der Waals surface area contributed by atoms with E-state index in [2.05, 4.69) is 38.9 Å². The highest BCUT2D eigenvalue weighted by Gasteiger charge is 2.21. The SMILES string of the molecule is CC(C)c1noc(CN2CCN(c3ccc(=O)n(Cc4ccccc4)n3)CC2)n1. The molecule has 0 bridgehead atoms. The largest absolute Gasteiger partial charge is 0.353 e. The van der Waals surface area contributed by atoms with E-state index in [1.165, 1.54) is 4.68 Å². The summed E-state index contributed by atoms with van der Waals surface area (Å²) < 4.78 is 6.89. The molecule has 1 fully saturated rings. The molecule has 152 valence electrons. The molecule has 8 nitrogen and oxygen atoms in total. The van der Waals surface area contributed by atoms with Gasteiger partial charge in [-0.15, -0.1) is 0 Å². The number of anilines is 1. The van der Waals surface area contributed by atoms with Crippen molar-refractivity contribution in [2.24, 2.45) is 0 Å². The molecule has 2 aromatic heterocycles. The van der Waals surface area contributed by atoms with Crippen molar-refractivity contribution in [2.75, 3.05) is 31.1 Å². The van der Waals surface area contributed by atoms with E-state index in [1.54, 1.807) is 6.07 Å². The number of hydrogen-bond donors (Lipinski definition) is 0. The van der Waals surface area contributed by atoms with Gasteiger partial charge in [0.25, 0.3) is 5.56 Å². The monoisotopic (exact) mass is 394 g/mol. The van der Waals surface area contributed by atoms with Crippen LogP contribution in [0.2, 0.25) is 0 Å². The van der Waals surface area contributed by atoms with Crippen LogP contribution < -0.4 is 10.5 Å². The van der Waals surface area contributed by atoms with E-state index in [-0.39, 0.29) is 11.5 Å². The Hall–Kier alpha value is -3.00. The Morgan fingerprint density at radius 2 is 1.76 bits per heavy atom. The lowest BCUT2D eigenvalue weighted by Crippen LogP contribution is -2.46. The van der Waals surface area contributed by atoms with Crippen molar-refractivity contribution in [2.45, 2.75) is 32.9 Å². The molecule has 1 saturated heterocycles. The average Bonchev–Trinajstić information content (AvgIpc) is 3.20. The molecular weight excluding hydrogens is 368 g/mol. The number of hydrogen-bond acceptors (Lipinski definition) is 7. The van der Waals surface area contributed by atoms with Crippen LogP contribution >= 0.6 is 0 Å². The van der Waals surface area contributed by atoms with Crippen molar-refractivity contribution >= 4 is 5.82 Å². The Morgan fingerprint density at radius 3 is 2.45 bits per heavy atom. The van der Waals surface area contributed by atoms with E-state index in [4.69, 9.17) is 4.52 Å². The second kappa shape index (κ2) is 8.57. The summed E-state index contributed by atoms with van der Waals surface area (Å²) in [4.78, 5) is 21.2. The van der Waals surface area contributed by atoms with Crippen LogP contribution in [0.25, 0.3) is 0 Å². The van der Waals surface area contributed by atoms with E-state index in [1.807, 2.05) is 36.4 Å². The quantitative estimate of drug-likeness (QED) is 0.633. The van der Waals surface area contributed by atoms with Crippen molar-refractivity contribution < 1.29 is 4.52 Å². The van der Waals surface area contributed by atoms with Gasteiger partial charge in [0.2, 0.25) is 5.89 Å². The van der Waals surface area contributed by atoms with Gasteiger partial charge in [-0.1, -0.05) is 49.3 Å². The van der Waals surface area contributed by atoms with Crippen molar-refractivity contribution in [1.29, 1.82) is 0 Å². The normalized spacial score (nSPS) is 15.2.